The number of nitrogens with one attached hydrogen (secondary N) is 2. The Hall–Kier alpha value is -1.67. The second-order valence-electron chi connectivity index (χ2n) is 6.31. The van der Waals surface area contributed by atoms with Crippen molar-refractivity contribution >= 4 is 29.9 Å². The van der Waals surface area contributed by atoms with Crippen LogP contribution in [0.5, 0.6) is 0 Å². The molecule has 1 unspecified atom stereocenters. The highest BCUT2D eigenvalue weighted by molar-refractivity contribution is 14.0. The topological polar surface area (TPSA) is 69.5 Å². The van der Waals surface area contributed by atoms with Gasteiger partial charge >= 0.3 is 0 Å². The minimum atomic E-state index is -0.995. The van der Waals surface area contributed by atoms with Gasteiger partial charge in [-0.3, -0.25) is 4.98 Å². The molecular weight excluding hydrogens is 439 g/mol. The monoisotopic (exact) mass is 468 g/mol. The third-order valence-corrected chi connectivity index (χ3v) is 4.11. The number of hydrogen-bond donors (Lipinski definition) is 3. The van der Waals surface area contributed by atoms with E-state index in [1.54, 1.807) is 6.92 Å². The van der Waals surface area contributed by atoms with Gasteiger partial charge in [0.15, 0.2) is 5.96 Å². The molecule has 26 heavy (non-hydrogen) atoms. The molecule has 1 heterocycles. The molecule has 3 N–H and O–H groups in total. The van der Waals surface area contributed by atoms with Gasteiger partial charge in [-0.05, 0) is 49.9 Å². The van der Waals surface area contributed by atoms with Crippen LogP contribution in [0.25, 0.3) is 0 Å². The molecule has 2 rings (SSSR count). The number of aliphatic imine (C=N–C) groups is 1. The van der Waals surface area contributed by atoms with Crippen molar-refractivity contribution in [1.29, 1.82) is 0 Å². The molecular formula is C20H29IN4O. The Morgan fingerprint density at radius 3 is 2.58 bits per heavy atom. The standard InChI is InChI=1S/C20H28N4O.HI/c1-4-22-19(23-13-11-17-10-12-21-14-16(17)2)24-15-20(3,25)18-8-6-5-7-9-18;/h5-10,12,14,25H,4,11,13,15H2,1-3H3,(H2,22,23,24);1H. The molecule has 1 aromatic heterocycles. The van der Waals surface area contributed by atoms with Crippen molar-refractivity contribution in [3.05, 3.63) is 65.5 Å². The van der Waals surface area contributed by atoms with Gasteiger partial charge in [-0.1, -0.05) is 30.3 Å². The van der Waals surface area contributed by atoms with Crippen molar-refractivity contribution in [3.8, 4) is 0 Å². The highest BCUT2D eigenvalue weighted by Crippen LogP contribution is 2.20. The maximum Gasteiger partial charge on any atom is 0.191 e. The maximum absolute atomic E-state index is 10.7. The summed E-state index contributed by atoms with van der Waals surface area (Å²) in [6, 6.07) is 11.7. The molecule has 0 aliphatic rings. The van der Waals surface area contributed by atoms with Gasteiger partial charge in [-0.2, -0.15) is 0 Å². The summed E-state index contributed by atoms with van der Waals surface area (Å²) in [5, 5.41) is 17.2. The third-order valence-electron chi connectivity index (χ3n) is 4.11. The van der Waals surface area contributed by atoms with Crippen molar-refractivity contribution in [3.63, 3.8) is 0 Å². The van der Waals surface area contributed by atoms with E-state index >= 15 is 0 Å². The third kappa shape index (κ3) is 6.92. The van der Waals surface area contributed by atoms with Gasteiger partial charge in [0.05, 0.1) is 6.54 Å². The molecule has 1 atom stereocenters. The Labute approximate surface area is 173 Å². The smallest absolute Gasteiger partial charge is 0.191 e. The lowest BCUT2D eigenvalue weighted by atomic mass is 9.96. The Bertz CT molecular complexity index is 689. The van der Waals surface area contributed by atoms with Gasteiger partial charge < -0.3 is 15.7 Å². The number of rotatable bonds is 7. The molecule has 0 saturated carbocycles. The average molecular weight is 468 g/mol. The predicted octanol–water partition coefficient (Wildman–Crippen LogP) is 3.01. The van der Waals surface area contributed by atoms with Gasteiger partial charge in [0.1, 0.15) is 5.60 Å². The fourth-order valence-corrected chi connectivity index (χ4v) is 2.56. The number of aliphatic hydroxyl groups is 1. The summed E-state index contributed by atoms with van der Waals surface area (Å²) in [6.07, 6.45) is 4.60. The molecule has 0 aliphatic carbocycles. The fraction of sp³-hybridized carbons (Fsp3) is 0.400. The number of pyridine rings is 1. The van der Waals surface area contributed by atoms with Crippen LogP contribution in [0.3, 0.4) is 0 Å². The minimum Gasteiger partial charge on any atom is -0.384 e. The molecule has 2 aromatic rings. The van der Waals surface area contributed by atoms with Crippen molar-refractivity contribution in [1.82, 2.24) is 15.6 Å². The molecule has 0 saturated heterocycles. The van der Waals surface area contributed by atoms with Gasteiger partial charge in [-0.15, -0.1) is 24.0 Å². The zero-order chi connectivity index (χ0) is 18.1. The number of halogens is 1. The molecule has 6 heteroatoms. The second-order valence-corrected chi connectivity index (χ2v) is 6.31. The lowest BCUT2D eigenvalue weighted by Gasteiger charge is -2.22. The van der Waals surface area contributed by atoms with Crippen LogP contribution in [-0.4, -0.2) is 35.7 Å². The number of hydrogen-bond acceptors (Lipinski definition) is 3. The molecule has 5 nitrogen and oxygen atoms in total. The van der Waals surface area contributed by atoms with Crippen LogP contribution in [0, 0.1) is 6.92 Å². The summed E-state index contributed by atoms with van der Waals surface area (Å²) in [4.78, 5) is 8.67. The fourth-order valence-electron chi connectivity index (χ4n) is 2.56. The van der Waals surface area contributed by atoms with E-state index in [0.717, 1.165) is 25.1 Å². The molecule has 0 fully saturated rings. The number of aromatic nitrogens is 1. The molecule has 0 aliphatic heterocycles. The Kier molecular flexibility index (Phi) is 9.58. The summed E-state index contributed by atoms with van der Waals surface area (Å²) < 4.78 is 0. The van der Waals surface area contributed by atoms with Gasteiger partial charge in [0, 0.05) is 25.5 Å². The zero-order valence-electron chi connectivity index (χ0n) is 15.7. The molecule has 0 spiro atoms. The lowest BCUT2D eigenvalue weighted by molar-refractivity contribution is 0.0672. The minimum absolute atomic E-state index is 0. The normalized spacial score (nSPS) is 13.5. The maximum atomic E-state index is 10.7. The van der Waals surface area contributed by atoms with E-state index in [4.69, 9.17) is 0 Å². The summed E-state index contributed by atoms with van der Waals surface area (Å²) in [5.41, 5.74) is 2.33. The first-order valence-electron chi connectivity index (χ1n) is 8.72. The molecule has 0 amide bonds. The quantitative estimate of drug-likeness (QED) is 0.332. The highest BCUT2D eigenvalue weighted by Gasteiger charge is 2.22. The lowest BCUT2D eigenvalue weighted by Crippen LogP contribution is -2.39. The first kappa shape index (κ1) is 22.4. The van der Waals surface area contributed by atoms with E-state index in [1.807, 2.05) is 55.7 Å². The van der Waals surface area contributed by atoms with Crippen LogP contribution < -0.4 is 10.6 Å². The number of benzene rings is 1. The van der Waals surface area contributed by atoms with E-state index in [1.165, 1.54) is 11.1 Å². The first-order valence-corrected chi connectivity index (χ1v) is 8.72. The summed E-state index contributed by atoms with van der Waals surface area (Å²) in [7, 11) is 0. The first-order chi connectivity index (χ1) is 12.0. The van der Waals surface area contributed by atoms with Crippen LogP contribution >= 0.6 is 24.0 Å². The molecule has 142 valence electrons. The molecule has 0 radical (unpaired) electrons. The second kappa shape index (κ2) is 11.1. The van der Waals surface area contributed by atoms with Gasteiger partial charge in [0.25, 0.3) is 0 Å². The van der Waals surface area contributed by atoms with Crippen LogP contribution in [0.15, 0.2) is 53.8 Å². The van der Waals surface area contributed by atoms with Crippen molar-refractivity contribution < 1.29 is 5.11 Å². The Balaban J connectivity index is 0.00000338. The summed E-state index contributed by atoms with van der Waals surface area (Å²) >= 11 is 0. The van der Waals surface area contributed by atoms with Crippen LogP contribution in [-0.2, 0) is 12.0 Å². The highest BCUT2D eigenvalue weighted by atomic mass is 127. The van der Waals surface area contributed by atoms with Gasteiger partial charge in [0.2, 0.25) is 0 Å². The largest absolute Gasteiger partial charge is 0.384 e. The van der Waals surface area contributed by atoms with Crippen LogP contribution in [0.1, 0.15) is 30.5 Å². The Morgan fingerprint density at radius 2 is 1.92 bits per heavy atom. The van der Waals surface area contributed by atoms with E-state index in [2.05, 4.69) is 27.5 Å². The van der Waals surface area contributed by atoms with E-state index in [0.29, 0.717) is 12.5 Å². The number of aryl methyl sites for hydroxylation is 1. The average Bonchev–Trinajstić information content (AvgIpc) is 2.62. The Morgan fingerprint density at radius 1 is 1.19 bits per heavy atom. The van der Waals surface area contributed by atoms with Crippen molar-refractivity contribution in [2.45, 2.75) is 32.8 Å². The predicted molar refractivity (Wildman–Crippen MR) is 118 cm³/mol. The van der Waals surface area contributed by atoms with E-state index in [-0.39, 0.29) is 24.0 Å². The van der Waals surface area contributed by atoms with Crippen molar-refractivity contribution in [2.24, 2.45) is 4.99 Å². The summed E-state index contributed by atoms with van der Waals surface area (Å²) in [6.45, 7) is 7.71. The van der Waals surface area contributed by atoms with Crippen molar-refractivity contribution in [2.75, 3.05) is 19.6 Å². The SMILES string of the molecule is CCNC(=NCC(C)(O)c1ccccc1)NCCc1ccncc1C.I. The molecule has 1 aromatic carbocycles. The van der Waals surface area contributed by atoms with E-state index in [9.17, 15) is 5.11 Å². The zero-order valence-corrected chi connectivity index (χ0v) is 18.0. The number of nitrogens with zero attached hydrogens (tertiary/aromatic N) is 2. The van der Waals surface area contributed by atoms with E-state index < -0.39 is 5.60 Å². The van der Waals surface area contributed by atoms with Crippen LogP contribution in [0.4, 0.5) is 0 Å². The number of guanidine groups is 1. The van der Waals surface area contributed by atoms with Gasteiger partial charge in [-0.25, -0.2) is 4.99 Å². The van der Waals surface area contributed by atoms with Crippen LogP contribution in [0.2, 0.25) is 0 Å². The summed E-state index contributed by atoms with van der Waals surface area (Å²) in [5.74, 6) is 0.713. The molecule has 0 bridgehead atoms.